The number of hydrogen-bond donors (Lipinski definition) is 1. The highest BCUT2D eigenvalue weighted by Crippen LogP contribution is 2.53. The van der Waals surface area contributed by atoms with E-state index in [9.17, 15) is 13.2 Å². The quantitative estimate of drug-likeness (QED) is 0.0316. The molecule has 127 heavy (non-hydrogen) atoms. The van der Waals surface area contributed by atoms with E-state index in [1.165, 1.54) is 299 Å². The maximum Gasteiger partial charge on any atom is 0.416 e. The number of unbranched alkanes of at least 4 members (excludes halogenated alkanes) is 5. The van der Waals surface area contributed by atoms with E-state index in [-0.39, 0.29) is 0 Å². The molecule has 2 aliphatic heterocycles. The van der Waals surface area contributed by atoms with Gasteiger partial charge in [-0.05, 0) is 275 Å². The Labute approximate surface area is 794 Å². The number of nitrogens with zero attached hydrogens (tertiary/aromatic N) is 6. The number of allylic oxidation sites excluding steroid dienone is 4. The number of rotatable bonds is 35. The average molecular weight is 1800 g/mol. The second-order valence-electron chi connectivity index (χ2n) is 34.7. The summed E-state index contributed by atoms with van der Waals surface area (Å²) >= 11 is 3.72. The van der Waals surface area contributed by atoms with E-state index in [4.69, 9.17) is 0 Å². The molecule has 730 valence electrons. The van der Waals surface area contributed by atoms with Gasteiger partial charge in [-0.2, -0.15) is 13.2 Å². The summed E-state index contributed by atoms with van der Waals surface area (Å²) in [6.07, 6.45) is 60.5. The van der Waals surface area contributed by atoms with Gasteiger partial charge in [-0.15, -0.1) is 34.5 Å². The summed E-state index contributed by atoms with van der Waals surface area (Å²) in [6, 6.07) is 21.9. The molecule has 1 N–H and O–H groups in total. The second-order valence-corrected chi connectivity index (χ2v) is 36.9. The Morgan fingerprint density at radius 2 is 0.850 bits per heavy atom. The number of thiazole rings is 1. The number of imidazole rings is 1. The first-order valence-corrected chi connectivity index (χ1v) is 54.3. The molecule has 0 radical (unpaired) electrons. The summed E-state index contributed by atoms with van der Waals surface area (Å²) in [5.41, 5.74) is 9.75. The number of H-pyrrole nitrogens is 1. The van der Waals surface area contributed by atoms with Gasteiger partial charge in [-0.1, -0.05) is 331 Å². The topological polar surface area (TPSA) is 64.2 Å². The molecule has 2 saturated heterocycles. The number of aryl methyl sites for hydroxylation is 12. The zero-order valence-electron chi connectivity index (χ0n) is 87.8. The maximum absolute atomic E-state index is 12.6. The van der Waals surface area contributed by atoms with E-state index in [2.05, 4.69) is 291 Å². The lowest BCUT2D eigenvalue weighted by Crippen LogP contribution is -2.46. The molecular weight excluding hydrogens is 1600 g/mol. The minimum absolute atomic E-state index is 0.512. The highest BCUT2D eigenvalue weighted by Gasteiger charge is 2.40. The lowest BCUT2D eigenvalue weighted by molar-refractivity contribution is -0.137. The van der Waals surface area contributed by atoms with Crippen LogP contribution in [0.25, 0.3) is 0 Å². The molecule has 0 unspecified atom stereocenters. The number of alkyl halides is 3. The largest absolute Gasteiger partial charge is 0.416 e. The first-order chi connectivity index (χ1) is 61.4. The third kappa shape index (κ3) is 69.4. The van der Waals surface area contributed by atoms with Crippen molar-refractivity contribution in [1.82, 2.24) is 34.6 Å². The van der Waals surface area contributed by atoms with Crippen LogP contribution in [0.1, 0.15) is 444 Å². The van der Waals surface area contributed by atoms with Crippen molar-refractivity contribution in [1.29, 1.82) is 0 Å². The number of piperazine rings is 1. The second kappa shape index (κ2) is 87.5. The van der Waals surface area contributed by atoms with Gasteiger partial charge < -0.3 is 19.7 Å². The predicted molar refractivity (Wildman–Crippen MR) is 566 cm³/mol. The van der Waals surface area contributed by atoms with Crippen LogP contribution in [0, 0.1) is 35.0 Å². The Balaban J connectivity index is -0.00000132. The van der Waals surface area contributed by atoms with E-state index < -0.39 is 11.7 Å². The van der Waals surface area contributed by atoms with Gasteiger partial charge >= 0.3 is 6.18 Å². The van der Waals surface area contributed by atoms with Crippen LogP contribution in [-0.2, 0) is 83.2 Å². The first-order valence-electron chi connectivity index (χ1n) is 52.6. The van der Waals surface area contributed by atoms with E-state index in [0.29, 0.717) is 12.8 Å². The van der Waals surface area contributed by atoms with Crippen molar-refractivity contribution in [2.75, 3.05) is 58.9 Å². The zero-order chi connectivity index (χ0) is 95.4. The van der Waals surface area contributed by atoms with Crippen LogP contribution in [0.3, 0.4) is 0 Å². The zero-order valence-corrected chi connectivity index (χ0v) is 89.5. The Hall–Kier alpha value is -5.16. The Kier molecular flexibility index (Phi) is 86.8. The summed E-state index contributed by atoms with van der Waals surface area (Å²) in [6.45, 7) is 68.5. The molecule has 2 aromatic carbocycles. The molecule has 6 heterocycles. The van der Waals surface area contributed by atoms with Gasteiger partial charge in [0.2, 0.25) is 0 Å². The summed E-state index contributed by atoms with van der Waals surface area (Å²) in [7, 11) is 0. The van der Waals surface area contributed by atoms with Gasteiger partial charge in [0.25, 0.3) is 0 Å². The number of aromatic nitrogens is 4. The Morgan fingerprint density at radius 1 is 0.409 bits per heavy atom. The molecule has 10 rings (SSSR count). The minimum Gasteiger partial charge on any atom is -0.346 e. The van der Waals surface area contributed by atoms with Crippen LogP contribution >= 0.6 is 22.7 Å². The molecule has 0 spiro atoms. The summed E-state index contributed by atoms with van der Waals surface area (Å²) in [5.74, 6) is 10.4. The van der Waals surface area contributed by atoms with Crippen molar-refractivity contribution in [3.63, 3.8) is 0 Å². The molecule has 12 heteroatoms. The molecule has 0 atom stereocenters. The van der Waals surface area contributed by atoms with Crippen LogP contribution in [0.5, 0.6) is 0 Å². The molecule has 4 fully saturated rings. The van der Waals surface area contributed by atoms with E-state index >= 15 is 0 Å². The van der Waals surface area contributed by atoms with Gasteiger partial charge in [0.15, 0.2) is 0 Å². The molecule has 0 amide bonds. The van der Waals surface area contributed by atoms with Gasteiger partial charge in [0, 0.05) is 84.4 Å². The van der Waals surface area contributed by atoms with Gasteiger partial charge in [0.1, 0.15) is 5.82 Å². The van der Waals surface area contributed by atoms with Gasteiger partial charge in [-0.25, -0.2) is 9.97 Å². The van der Waals surface area contributed by atoms with Gasteiger partial charge in [-0.3, -0.25) is 4.98 Å². The molecule has 6 aromatic rings. The number of thiophene rings is 1. The molecule has 4 aromatic heterocycles. The summed E-state index contributed by atoms with van der Waals surface area (Å²) in [4.78, 5) is 26.7. The molecule has 0 bridgehead atoms. The van der Waals surface area contributed by atoms with Crippen LogP contribution < -0.4 is 0 Å². The van der Waals surface area contributed by atoms with Crippen LogP contribution in [-0.4, -0.2) is 93.5 Å². The van der Waals surface area contributed by atoms with Crippen LogP contribution in [0.2, 0.25) is 0 Å². The third-order valence-corrected chi connectivity index (χ3v) is 26.2. The lowest BCUT2D eigenvalue weighted by Gasteiger charge is -2.33. The highest BCUT2D eigenvalue weighted by molar-refractivity contribution is 7.12. The fraction of sp³-hybridized carbons (Fsp3) is 0.713. The van der Waals surface area contributed by atoms with Crippen molar-refractivity contribution < 1.29 is 13.2 Å². The predicted octanol–water partition coefficient (Wildman–Crippen LogP) is 35.3. The SMILES string of the molecule is CC/C=C\CCC.CCC/C=C/CCC.CCC1CCC(CC)CC1.CCC1CCN(CC)CC1.CCCC#CCCC.CCCC1(CCC)CC1.CCCN1CCN(CC)CC1.CCCc1cc(CCC)cc(C(F)(F)F)c1.CCCc1nc(CC)cs1.CCc1ccc(CC)cc1.CCc1ccc(CC)nc1.CCc1ccc(CC)s1.CCc1cnc(CC)[nH]1. The number of pyridine rings is 1. The average Bonchev–Trinajstić information content (AvgIpc) is 1.42. The van der Waals surface area contributed by atoms with Gasteiger partial charge in [0.05, 0.1) is 16.3 Å². The van der Waals surface area contributed by atoms with Crippen molar-refractivity contribution in [2.24, 2.45) is 23.2 Å². The Morgan fingerprint density at radius 3 is 1.17 bits per heavy atom. The maximum atomic E-state index is 12.6. The minimum atomic E-state index is -4.23. The number of piperidine rings is 1. The number of hydrogen-bond acceptors (Lipinski definition) is 8. The number of halogens is 3. The van der Waals surface area contributed by atoms with Crippen molar-refractivity contribution in [3.05, 3.63) is 180 Å². The summed E-state index contributed by atoms with van der Waals surface area (Å²) < 4.78 is 37.9. The monoisotopic (exact) mass is 1800 g/mol. The molecule has 2 saturated carbocycles. The van der Waals surface area contributed by atoms with Crippen LogP contribution in [0.4, 0.5) is 13.2 Å². The van der Waals surface area contributed by atoms with Crippen LogP contribution in [0.15, 0.2) is 109 Å². The molecular formula is C115H202F3N7S2. The van der Waals surface area contributed by atoms with Crippen molar-refractivity contribution >= 4 is 22.7 Å². The number of aromatic amines is 1. The molecule has 4 aliphatic rings. The number of likely N-dealkylation sites (N-methyl/N-ethyl adjacent to an activating group) is 1. The first kappa shape index (κ1) is 126. The van der Waals surface area contributed by atoms with Crippen molar-refractivity contribution in [2.45, 2.75) is 456 Å². The smallest absolute Gasteiger partial charge is 0.346 e. The standard InChI is InChI=1S/C13H17F3.C10H20.C10H14.C9H20N2.C9H19N.C9H13N.C9H18.C8H13NS.C8H12S.C8H16.C8H14.C7H12N2.C7H14/c1-3-5-10-7-11(6-4-2)9-12(8-10)13(14,15)16;2*1-3-9-5-7-10(4-2)8-6-9;1-3-5-11-8-6-10(4-2)7-9-11;1-3-9-5-7-10(4-2)8-6-9;1-3-8-5-6-9(4-2)10-7-8;1-3-5-9(6-4-2)7-8-9;1-3-5-8-9-7(4-2)6-10-8;1-3-7-5-6-8(4-2)9-7;2*1-3-5-7-8-6-4-2;1-3-6-5-8-7(4-2)9-6;1-3-5-7-6-4-2/h7-9H,3-6H2,1-2H3;9-10H,3-8H2,1-2H3;5-8H,3-4H2,1-2H3;3-9H2,1-2H3;9H,3-8H2,1-2H3;5-7H,3-4H2,1-2H3;3-8H2,1-2H3;6H,3-5H2,1-2H3;5-6H,3-4H2,1-2H3;7-8H,3-6H2,1-2H3;3-6H2,1-2H3;5H,3-4H2,1-2H3,(H,8,9);5,7H,3-4,6H2,1-2H3/b;;;;;;;;;8-7+;;;7-5-. The molecule has 7 nitrogen and oxygen atoms in total. The highest BCUT2D eigenvalue weighted by atomic mass is 32.1. The Bertz CT molecular complexity index is 3140. The molecule has 2 aliphatic carbocycles. The van der Waals surface area contributed by atoms with E-state index in [1.54, 1.807) is 11.3 Å². The van der Waals surface area contributed by atoms with E-state index in [1.807, 2.05) is 43.6 Å². The fourth-order valence-corrected chi connectivity index (χ4v) is 16.7. The summed E-state index contributed by atoms with van der Waals surface area (Å²) in [5, 5.41) is 3.45. The fourth-order valence-electron chi connectivity index (χ4n) is 14.8. The number of likely N-dealkylation sites (tertiary alicyclic amines) is 1. The lowest BCUT2D eigenvalue weighted by atomic mass is 9.80. The normalized spacial score (nSPS) is 15.0. The third-order valence-electron chi connectivity index (χ3n) is 23.8. The number of benzene rings is 2. The van der Waals surface area contributed by atoms with Crippen molar-refractivity contribution in [3.8, 4) is 11.8 Å². The number of nitrogens with one attached hydrogen (secondary N) is 1. The van der Waals surface area contributed by atoms with E-state index in [0.717, 1.165) is 117 Å².